The lowest BCUT2D eigenvalue weighted by Crippen LogP contribution is -2.15. The molecule has 3 aromatic carbocycles. The summed E-state index contributed by atoms with van der Waals surface area (Å²) in [6.45, 7) is 0.137. The standard InChI is InChI=1S/C25H31N3O/c1-27(2)22-13-9-20(10-14-22)25(21-11-15-23(16-12-21)28(3)4)26-24-8-6-5-7-19(24)17-18-29/h5-16,25-26,29H,17-18H2,1-4H3. The quantitative estimate of drug-likeness (QED) is 0.593. The summed E-state index contributed by atoms with van der Waals surface area (Å²) in [5, 5.41) is 13.2. The van der Waals surface area contributed by atoms with Gasteiger partial charge in [0.1, 0.15) is 0 Å². The van der Waals surface area contributed by atoms with E-state index in [4.69, 9.17) is 0 Å². The average molecular weight is 390 g/mol. The Morgan fingerprint density at radius 1 is 0.724 bits per heavy atom. The summed E-state index contributed by atoms with van der Waals surface area (Å²) in [4.78, 5) is 4.21. The molecule has 0 fully saturated rings. The number of aliphatic hydroxyl groups is 1. The molecule has 0 atom stereocenters. The molecule has 0 heterocycles. The smallest absolute Gasteiger partial charge is 0.0767 e. The van der Waals surface area contributed by atoms with Gasteiger partial charge >= 0.3 is 0 Å². The van der Waals surface area contributed by atoms with E-state index in [0.29, 0.717) is 6.42 Å². The van der Waals surface area contributed by atoms with Crippen molar-refractivity contribution in [2.45, 2.75) is 12.5 Å². The van der Waals surface area contributed by atoms with Crippen molar-refractivity contribution < 1.29 is 5.11 Å². The first-order valence-corrected chi connectivity index (χ1v) is 9.99. The third kappa shape index (κ3) is 5.09. The van der Waals surface area contributed by atoms with Crippen molar-refractivity contribution in [2.24, 2.45) is 0 Å². The number of nitrogens with one attached hydrogen (secondary N) is 1. The van der Waals surface area contributed by atoms with Crippen LogP contribution < -0.4 is 15.1 Å². The Morgan fingerprint density at radius 3 is 1.66 bits per heavy atom. The molecular weight excluding hydrogens is 358 g/mol. The largest absolute Gasteiger partial charge is 0.396 e. The van der Waals surface area contributed by atoms with Gasteiger partial charge in [0.25, 0.3) is 0 Å². The zero-order valence-electron chi connectivity index (χ0n) is 17.8. The first-order valence-electron chi connectivity index (χ1n) is 9.99. The second kappa shape index (κ2) is 9.48. The van der Waals surface area contributed by atoms with Gasteiger partial charge in [0, 0.05) is 51.9 Å². The van der Waals surface area contributed by atoms with Crippen LogP contribution in [-0.2, 0) is 6.42 Å². The summed E-state index contributed by atoms with van der Waals surface area (Å²) in [6, 6.07) is 25.5. The summed E-state index contributed by atoms with van der Waals surface area (Å²) in [5.41, 5.74) is 6.93. The van der Waals surface area contributed by atoms with Crippen LogP contribution in [0.4, 0.5) is 17.1 Å². The van der Waals surface area contributed by atoms with Crippen LogP contribution in [0.2, 0.25) is 0 Å². The van der Waals surface area contributed by atoms with Crippen LogP contribution >= 0.6 is 0 Å². The molecule has 0 aliphatic heterocycles. The van der Waals surface area contributed by atoms with Gasteiger partial charge in [-0.15, -0.1) is 0 Å². The van der Waals surface area contributed by atoms with Crippen LogP contribution in [0.1, 0.15) is 22.7 Å². The van der Waals surface area contributed by atoms with Gasteiger partial charge in [0.2, 0.25) is 0 Å². The van der Waals surface area contributed by atoms with Crippen LogP contribution in [0.3, 0.4) is 0 Å². The molecule has 0 amide bonds. The molecule has 152 valence electrons. The van der Waals surface area contributed by atoms with Crippen LogP contribution in [-0.4, -0.2) is 39.9 Å². The van der Waals surface area contributed by atoms with E-state index in [-0.39, 0.29) is 12.6 Å². The fourth-order valence-electron chi connectivity index (χ4n) is 3.44. The highest BCUT2D eigenvalue weighted by atomic mass is 16.2. The molecule has 3 aromatic rings. The molecule has 3 rings (SSSR count). The Labute approximate surface area is 174 Å². The normalized spacial score (nSPS) is 10.8. The Balaban J connectivity index is 1.99. The maximum Gasteiger partial charge on any atom is 0.0767 e. The van der Waals surface area contributed by atoms with E-state index in [2.05, 4.69) is 104 Å². The number of hydrogen-bond donors (Lipinski definition) is 2. The fraction of sp³-hybridized carbons (Fsp3) is 0.280. The maximum atomic E-state index is 9.44. The summed E-state index contributed by atoms with van der Waals surface area (Å²) < 4.78 is 0. The number of aliphatic hydroxyl groups excluding tert-OH is 1. The number of rotatable bonds is 8. The molecule has 0 bridgehead atoms. The van der Waals surface area contributed by atoms with E-state index in [0.717, 1.165) is 11.3 Å². The highest BCUT2D eigenvalue weighted by molar-refractivity contribution is 5.57. The lowest BCUT2D eigenvalue weighted by atomic mass is 9.97. The summed E-state index contributed by atoms with van der Waals surface area (Å²) in [7, 11) is 8.21. The third-order valence-electron chi connectivity index (χ3n) is 5.18. The second-order valence-corrected chi connectivity index (χ2v) is 7.68. The van der Waals surface area contributed by atoms with Crippen molar-refractivity contribution in [1.29, 1.82) is 0 Å². The summed E-state index contributed by atoms with van der Waals surface area (Å²) in [6.07, 6.45) is 0.634. The molecule has 0 aliphatic carbocycles. The maximum absolute atomic E-state index is 9.44. The van der Waals surface area contributed by atoms with Crippen molar-refractivity contribution in [3.8, 4) is 0 Å². The predicted molar refractivity (Wildman–Crippen MR) is 124 cm³/mol. The molecule has 0 unspecified atom stereocenters. The topological polar surface area (TPSA) is 38.7 Å². The fourth-order valence-corrected chi connectivity index (χ4v) is 3.44. The van der Waals surface area contributed by atoms with E-state index >= 15 is 0 Å². The van der Waals surface area contributed by atoms with E-state index in [1.807, 2.05) is 12.1 Å². The molecule has 4 nitrogen and oxygen atoms in total. The zero-order chi connectivity index (χ0) is 20.8. The average Bonchev–Trinajstić information content (AvgIpc) is 2.73. The SMILES string of the molecule is CN(C)c1ccc(C(Nc2ccccc2CCO)c2ccc(N(C)C)cc2)cc1. The van der Waals surface area contributed by atoms with Gasteiger partial charge < -0.3 is 20.2 Å². The third-order valence-corrected chi connectivity index (χ3v) is 5.18. The molecule has 29 heavy (non-hydrogen) atoms. The first kappa shape index (κ1) is 20.7. The monoisotopic (exact) mass is 389 g/mol. The number of hydrogen-bond acceptors (Lipinski definition) is 4. The lowest BCUT2D eigenvalue weighted by molar-refractivity contribution is 0.300. The summed E-state index contributed by atoms with van der Waals surface area (Å²) >= 11 is 0. The predicted octanol–water partition coefficient (Wildman–Crippen LogP) is 4.55. The molecule has 2 N–H and O–H groups in total. The Bertz CT molecular complexity index is 851. The zero-order valence-corrected chi connectivity index (χ0v) is 17.8. The molecule has 0 aliphatic rings. The molecule has 0 saturated carbocycles. The number of para-hydroxylation sites is 1. The van der Waals surface area contributed by atoms with Crippen molar-refractivity contribution in [1.82, 2.24) is 0 Å². The van der Waals surface area contributed by atoms with Gasteiger partial charge in [0.15, 0.2) is 0 Å². The first-order chi connectivity index (χ1) is 14.0. The number of nitrogens with zero attached hydrogens (tertiary/aromatic N) is 2. The van der Waals surface area contributed by atoms with Gasteiger partial charge in [-0.25, -0.2) is 0 Å². The van der Waals surface area contributed by atoms with Crippen molar-refractivity contribution in [3.05, 3.63) is 89.5 Å². The van der Waals surface area contributed by atoms with Gasteiger partial charge in [0.05, 0.1) is 6.04 Å². The van der Waals surface area contributed by atoms with Crippen LogP contribution in [0.5, 0.6) is 0 Å². The minimum atomic E-state index is 0.0160. The highest BCUT2D eigenvalue weighted by Gasteiger charge is 2.16. The Hall–Kier alpha value is -2.98. The Kier molecular flexibility index (Phi) is 6.78. The van der Waals surface area contributed by atoms with Crippen LogP contribution in [0.25, 0.3) is 0 Å². The minimum absolute atomic E-state index is 0.0160. The van der Waals surface area contributed by atoms with E-state index < -0.39 is 0 Å². The molecular formula is C25H31N3O. The van der Waals surface area contributed by atoms with Crippen molar-refractivity contribution >= 4 is 17.1 Å². The van der Waals surface area contributed by atoms with Crippen LogP contribution in [0, 0.1) is 0 Å². The van der Waals surface area contributed by atoms with Crippen LogP contribution in [0.15, 0.2) is 72.8 Å². The van der Waals surface area contributed by atoms with E-state index in [1.54, 1.807) is 0 Å². The van der Waals surface area contributed by atoms with Gasteiger partial charge in [-0.2, -0.15) is 0 Å². The van der Waals surface area contributed by atoms with Gasteiger partial charge in [-0.3, -0.25) is 0 Å². The Morgan fingerprint density at radius 2 is 1.21 bits per heavy atom. The van der Waals surface area contributed by atoms with E-state index in [9.17, 15) is 5.11 Å². The second-order valence-electron chi connectivity index (χ2n) is 7.68. The molecule has 0 radical (unpaired) electrons. The molecule has 0 aromatic heterocycles. The molecule has 0 spiro atoms. The van der Waals surface area contributed by atoms with Crippen molar-refractivity contribution in [3.63, 3.8) is 0 Å². The van der Waals surface area contributed by atoms with Gasteiger partial charge in [-0.05, 0) is 53.4 Å². The number of benzene rings is 3. The molecule has 0 saturated heterocycles. The highest BCUT2D eigenvalue weighted by Crippen LogP contribution is 2.30. The summed E-state index contributed by atoms with van der Waals surface area (Å²) in [5.74, 6) is 0. The molecule has 4 heteroatoms. The number of anilines is 3. The van der Waals surface area contributed by atoms with Crippen molar-refractivity contribution in [2.75, 3.05) is 49.9 Å². The lowest BCUT2D eigenvalue weighted by Gasteiger charge is -2.24. The van der Waals surface area contributed by atoms with E-state index in [1.165, 1.54) is 22.5 Å². The van der Waals surface area contributed by atoms with Gasteiger partial charge in [-0.1, -0.05) is 42.5 Å². The minimum Gasteiger partial charge on any atom is -0.396 e.